The first-order chi connectivity index (χ1) is 33.5. The van der Waals surface area contributed by atoms with Gasteiger partial charge in [-0.2, -0.15) is 5.26 Å². The maximum atomic E-state index is 12.0. The summed E-state index contributed by atoms with van der Waals surface area (Å²) in [5.41, 5.74) is 2.24. The molecule has 0 aliphatic heterocycles. The Morgan fingerprint density at radius 1 is 0.686 bits per heavy atom. The summed E-state index contributed by atoms with van der Waals surface area (Å²) in [5, 5.41) is 52.4. The second kappa shape index (κ2) is 23.8. The first-order valence-electron chi connectivity index (χ1n) is 21.3. The second-order valence-electron chi connectivity index (χ2n) is 16.5. The average molecular weight is 1030 g/mol. The Hall–Kier alpha value is -6.66. The third-order valence-electron chi connectivity index (χ3n) is 11.3. The Balaban J connectivity index is 1.22. The zero-order valence-electron chi connectivity index (χ0n) is 37.6. The molecule has 70 heavy (non-hydrogen) atoms. The molecule has 2 aromatic heterocycles. The fraction of sp³-hybridized carbons (Fsp3) is 0.255. The Morgan fingerprint density at radius 2 is 1.21 bits per heavy atom. The van der Waals surface area contributed by atoms with Gasteiger partial charge in [-0.3, -0.25) is 24.9 Å². The minimum absolute atomic E-state index is 0.00138. The van der Waals surface area contributed by atoms with Gasteiger partial charge >= 0.3 is 11.9 Å². The Labute approximate surface area is 423 Å². The third kappa shape index (κ3) is 12.9. The minimum Gasteiger partial charge on any atom is -0.488 e. The van der Waals surface area contributed by atoms with Crippen LogP contribution in [0.3, 0.4) is 0 Å². The maximum Gasteiger partial charge on any atom is 0.326 e. The van der Waals surface area contributed by atoms with Crippen molar-refractivity contribution in [1.29, 1.82) is 5.26 Å². The summed E-state index contributed by atoms with van der Waals surface area (Å²) in [6, 6.07) is 22.4. The maximum absolute atomic E-state index is 12.0. The smallest absolute Gasteiger partial charge is 0.326 e. The molecule has 4 aromatic carbocycles. The van der Waals surface area contributed by atoms with Crippen molar-refractivity contribution in [2.45, 2.75) is 65.2 Å². The number of halogens is 4. The van der Waals surface area contributed by atoms with E-state index in [9.17, 15) is 35.3 Å². The number of hydrogen-bond acceptors (Lipinski definition) is 12. The molecule has 0 aliphatic carbocycles. The minimum atomic E-state index is -1.66. The monoisotopic (exact) mass is 1030 g/mol. The molecule has 2 atom stereocenters. The molecule has 19 heteroatoms. The standard InChI is InChI=1S/C51H45Cl4N5O10/c1-50(28-61,48(63)64)11-10-33-14-40(52)44(16-42(33)67-25-32-13-37(57-3)23-59-21-32)69-26-34-6-4-8-38(46(34)54)39-9-5-7-35(47(39)55)27-70-45-17-43(68-24-31-12-30(18-56)19-58-20-31)36(15-41(45)53)22-60-51(2,29-62)49(65)66/h4-9,12-17,19-21,23,60-62H,10-11,22,24-29H2,1-2H3,(H,63,64)(H,65,66)/t50-,51-/m0/s1. The van der Waals surface area contributed by atoms with Gasteiger partial charge in [0.1, 0.15) is 61.0 Å². The Morgan fingerprint density at radius 3 is 1.73 bits per heavy atom. The van der Waals surface area contributed by atoms with Gasteiger partial charge in [-0.1, -0.05) is 82.8 Å². The fourth-order valence-corrected chi connectivity index (χ4v) is 7.85. The predicted octanol–water partition coefficient (Wildman–Crippen LogP) is 10.4. The number of pyridine rings is 2. The number of nitrogens with zero attached hydrogens (tertiary/aromatic N) is 4. The van der Waals surface area contributed by atoms with Crippen molar-refractivity contribution in [3.8, 4) is 40.2 Å². The summed E-state index contributed by atoms with van der Waals surface area (Å²) >= 11 is 27.6. The molecule has 0 radical (unpaired) electrons. The van der Waals surface area contributed by atoms with Crippen molar-refractivity contribution in [3.63, 3.8) is 0 Å². The second-order valence-corrected chi connectivity index (χ2v) is 18.1. The largest absolute Gasteiger partial charge is 0.488 e. The number of aromatic nitrogens is 2. The number of nitriles is 1. The lowest BCUT2D eigenvalue weighted by Gasteiger charge is -2.25. The highest BCUT2D eigenvalue weighted by Gasteiger charge is 2.33. The molecule has 6 aromatic rings. The molecule has 2 heterocycles. The summed E-state index contributed by atoms with van der Waals surface area (Å²) in [4.78, 5) is 35.5. The molecule has 0 unspecified atom stereocenters. The number of carboxylic acid groups (broad SMARTS) is 2. The first kappa shape index (κ1) is 52.7. The van der Waals surface area contributed by atoms with Crippen LogP contribution < -0.4 is 24.3 Å². The number of benzene rings is 4. The number of aryl methyl sites for hydroxylation is 1. The summed E-state index contributed by atoms with van der Waals surface area (Å²) in [6.07, 6.45) is 6.26. The summed E-state index contributed by atoms with van der Waals surface area (Å²) in [5.74, 6) is -1.29. The van der Waals surface area contributed by atoms with Gasteiger partial charge in [-0.15, -0.1) is 0 Å². The summed E-state index contributed by atoms with van der Waals surface area (Å²) in [7, 11) is 0. The molecule has 0 bridgehead atoms. The number of hydrogen-bond donors (Lipinski definition) is 5. The topological polar surface area (TPSA) is 218 Å². The molecule has 0 aliphatic rings. The molecular weight excluding hydrogens is 984 g/mol. The molecule has 0 spiro atoms. The zero-order valence-corrected chi connectivity index (χ0v) is 40.7. The van der Waals surface area contributed by atoms with Crippen LogP contribution in [-0.2, 0) is 49.0 Å². The van der Waals surface area contributed by atoms with Crippen molar-refractivity contribution in [3.05, 3.63) is 168 Å². The number of aliphatic hydroxyl groups excluding tert-OH is 2. The Kier molecular flexibility index (Phi) is 17.9. The lowest BCUT2D eigenvalue weighted by Crippen LogP contribution is -2.52. The molecule has 6 rings (SSSR count). The third-order valence-corrected chi connectivity index (χ3v) is 12.8. The Bertz CT molecular complexity index is 2780. The normalized spacial score (nSPS) is 12.7. The van der Waals surface area contributed by atoms with E-state index in [1.54, 1.807) is 79.1 Å². The van der Waals surface area contributed by atoms with E-state index in [0.717, 1.165) is 0 Å². The van der Waals surface area contributed by atoms with Gasteiger partial charge in [0.15, 0.2) is 0 Å². The van der Waals surface area contributed by atoms with Crippen LogP contribution >= 0.6 is 46.4 Å². The van der Waals surface area contributed by atoms with Gasteiger partial charge in [0.25, 0.3) is 0 Å². The van der Waals surface area contributed by atoms with E-state index in [-0.39, 0.29) is 73.1 Å². The van der Waals surface area contributed by atoms with Crippen molar-refractivity contribution < 1.29 is 49.0 Å². The van der Waals surface area contributed by atoms with Crippen molar-refractivity contribution in [2.75, 3.05) is 13.2 Å². The van der Waals surface area contributed by atoms with E-state index in [1.807, 2.05) is 12.1 Å². The fourth-order valence-electron chi connectivity index (χ4n) is 6.80. The first-order valence-corrected chi connectivity index (χ1v) is 22.8. The van der Waals surface area contributed by atoms with Crippen molar-refractivity contribution in [2.24, 2.45) is 5.41 Å². The molecular formula is C51H45Cl4N5O10. The lowest BCUT2D eigenvalue weighted by atomic mass is 9.85. The van der Waals surface area contributed by atoms with Gasteiger partial charge in [-0.25, -0.2) is 4.85 Å². The molecule has 0 saturated heterocycles. The van der Waals surface area contributed by atoms with Gasteiger partial charge in [0.2, 0.25) is 5.69 Å². The highest BCUT2D eigenvalue weighted by atomic mass is 35.5. The van der Waals surface area contributed by atoms with E-state index < -0.39 is 36.1 Å². The molecule has 15 nitrogen and oxygen atoms in total. The van der Waals surface area contributed by atoms with Crippen LogP contribution in [-0.4, -0.2) is 61.1 Å². The average Bonchev–Trinajstić information content (AvgIpc) is 3.36. The number of rotatable bonds is 23. The van der Waals surface area contributed by atoms with Gasteiger partial charge < -0.3 is 39.4 Å². The summed E-state index contributed by atoms with van der Waals surface area (Å²) < 4.78 is 24.8. The van der Waals surface area contributed by atoms with E-state index >= 15 is 0 Å². The van der Waals surface area contributed by atoms with Gasteiger partial charge in [-0.05, 0) is 62.1 Å². The van der Waals surface area contributed by atoms with Crippen LogP contribution in [0, 0.1) is 23.3 Å². The van der Waals surface area contributed by atoms with Crippen LogP contribution in [0.15, 0.2) is 97.6 Å². The van der Waals surface area contributed by atoms with E-state index in [1.165, 1.54) is 26.2 Å². The van der Waals surface area contributed by atoms with Crippen LogP contribution in [0.2, 0.25) is 20.1 Å². The summed E-state index contributed by atoms with van der Waals surface area (Å²) in [6.45, 7) is 8.79. The number of aliphatic hydroxyl groups is 2. The molecule has 0 fully saturated rings. The quantitative estimate of drug-likeness (QED) is 0.0377. The van der Waals surface area contributed by atoms with Gasteiger partial charge in [0, 0.05) is 76.8 Å². The van der Waals surface area contributed by atoms with E-state index in [2.05, 4.69) is 20.1 Å². The van der Waals surface area contributed by atoms with Gasteiger partial charge in [0.05, 0.1) is 50.9 Å². The molecule has 0 saturated carbocycles. The van der Waals surface area contributed by atoms with Crippen LogP contribution in [0.4, 0.5) is 5.69 Å². The van der Waals surface area contributed by atoms with E-state index in [0.29, 0.717) is 71.6 Å². The van der Waals surface area contributed by atoms with Crippen LogP contribution in [0.25, 0.3) is 16.0 Å². The number of aliphatic carboxylic acids is 2. The SMILES string of the molecule is [C-]#[N+]c1cncc(COc2cc(OCc3cccc(-c4cccc(COc5cc(OCc6cncc(C#N)c6)c(CN[C@@](C)(CO)C(=O)O)cc5Cl)c4Cl)c3Cl)c(Cl)cc2CC[C@@](C)(CO)C(=O)O)c1. The number of ether oxygens (including phenoxy) is 4. The van der Waals surface area contributed by atoms with Crippen LogP contribution in [0.1, 0.15) is 59.2 Å². The molecule has 362 valence electrons. The zero-order chi connectivity index (χ0) is 50.6. The van der Waals surface area contributed by atoms with Crippen molar-refractivity contribution >= 4 is 64.0 Å². The highest BCUT2D eigenvalue weighted by Crippen LogP contribution is 2.41. The lowest BCUT2D eigenvalue weighted by molar-refractivity contribution is -0.150. The molecule has 5 N–H and O–H groups in total. The van der Waals surface area contributed by atoms with Crippen LogP contribution in [0.5, 0.6) is 23.0 Å². The molecule has 0 amide bonds. The number of carboxylic acids is 2. The predicted molar refractivity (Wildman–Crippen MR) is 263 cm³/mol. The van der Waals surface area contributed by atoms with Crippen molar-refractivity contribution in [1.82, 2.24) is 15.3 Å². The number of nitrogens with one attached hydrogen (secondary N) is 1. The number of carbonyl (C=O) groups is 2. The highest BCUT2D eigenvalue weighted by molar-refractivity contribution is 6.37. The van der Waals surface area contributed by atoms with E-state index in [4.69, 9.17) is 71.9 Å².